The molecule has 24 heavy (non-hydrogen) atoms. The van der Waals surface area contributed by atoms with Crippen LogP contribution in [0.3, 0.4) is 0 Å². The number of fused-ring (bicyclic) bond motifs is 1. The number of piperidine rings is 1. The molecule has 128 valence electrons. The summed E-state index contributed by atoms with van der Waals surface area (Å²) >= 11 is 0. The van der Waals surface area contributed by atoms with Crippen LogP contribution in [-0.4, -0.2) is 43.6 Å². The van der Waals surface area contributed by atoms with Gasteiger partial charge < -0.3 is 4.90 Å². The van der Waals surface area contributed by atoms with Crippen molar-refractivity contribution in [1.82, 2.24) is 24.6 Å². The van der Waals surface area contributed by atoms with E-state index in [1.165, 1.54) is 19.3 Å². The fourth-order valence-corrected chi connectivity index (χ4v) is 4.29. The van der Waals surface area contributed by atoms with E-state index in [9.17, 15) is 4.79 Å². The minimum absolute atomic E-state index is 0.248. The predicted molar refractivity (Wildman–Crippen MR) is 91.4 cm³/mol. The Bertz CT molecular complexity index is 734. The number of carbonyl (C=O) groups is 1. The molecular weight excluding hydrogens is 302 g/mol. The zero-order valence-corrected chi connectivity index (χ0v) is 14.3. The number of likely N-dealkylation sites (tertiary alicyclic amines) is 1. The van der Waals surface area contributed by atoms with Gasteiger partial charge in [-0.1, -0.05) is 19.3 Å². The Morgan fingerprint density at radius 1 is 1.08 bits per heavy atom. The van der Waals surface area contributed by atoms with Crippen molar-refractivity contribution in [2.45, 2.75) is 50.9 Å². The summed E-state index contributed by atoms with van der Waals surface area (Å²) in [4.78, 5) is 23.8. The summed E-state index contributed by atoms with van der Waals surface area (Å²) in [6, 6.07) is 0. The predicted octanol–water partition coefficient (Wildman–Crippen LogP) is 2.65. The summed E-state index contributed by atoms with van der Waals surface area (Å²) in [5.41, 5.74) is 2.71. The molecule has 1 saturated carbocycles. The van der Waals surface area contributed by atoms with Gasteiger partial charge in [0.25, 0.3) is 0 Å². The van der Waals surface area contributed by atoms with Crippen molar-refractivity contribution >= 4 is 17.1 Å². The van der Waals surface area contributed by atoms with Crippen LogP contribution in [-0.2, 0) is 11.8 Å². The summed E-state index contributed by atoms with van der Waals surface area (Å²) < 4.78 is 1.81. The molecule has 1 aliphatic heterocycles. The molecule has 1 aliphatic carbocycles. The van der Waals surface area contributed by atoms with E-state index in [-0.39, 0.29) is 11.8 Å². The lowest BCUT2D eigenvalue weighted by Crippen LogP contribution is -2.43. The van der Waals surface area contributed by atoms with Crippen molar-refractivity contribution < 1.29 is 4.79 Å². The third kappa shape index (κ3) is 2.78. The highest BCUT2D eigenvalue weighted by Crippen LogP contribution is 2.32. The molecule has 0 radical (unpaired) electrons. The first-order valence-corrected chi connectivity index (χ1v) is 9.16. The SMILES string of the molecule is Cn1nc([C@H]2CCCN(C(=O)C3CCCCC3)C2)c2nccnc21. The number of hydrogen-bond donors (Lipinski definition) is 0. The van der Waals surface area contributed by atoms with E-state index < -0.39 is 0 Å². The summed E-state index contributed by atoms with van der Waals surface area (Å²) in [6.45, 7) is 1.67. The van der Waals surface area contributed by atoms with Crippen LogP contribution in [0.2, 0.25) is 0 Å². The molecule has 0 spiro atoms. The molecule has 0 aromatic carbocycles. The number of rotatable bonds is 2. The molecule has 6 nitrogen and oxygen atoms in total. The molecule has 0 bridgehead atoms. The maximum absolute atomic E-state index is 12.9. The van der Waals surface area contributed by atoms with Crippen LogP contribution in [0, 0.1) is 5.92 Å². The number of nitrogens with zero attached hydrogens (tertiary/aromatic N) is 5. The standard InChI is InChI=1S/C18H25N5O/c1-22-17-16(19-9-10-20-17)15(21-22)14-8-5-11-23(12-14)18(24)13-6-3-2-4-7-13/h9-10,13-14H,2-8,11-12H2,1H3/t14-/m0/s1. The topological polar surface area (TPSA) is 63.9 Å². The summed E-state index contributed by atoms with van der Waals surface area (Å²) in [7, 11) is 1.91. The molecule has 1 saturated heterocycles. The van der Waals surface area contributed by atoms with Gasteiger partial charge in [-0.2, -0.15) is 5.10 Å². The van der Waals surface area contributed by atoms with Gasteiger partial charge in [-0.25, -0.2) is 14.6 Å². The Labute approximate surface area is 142 Å². The van der Waals surface area contributed by atoms with Crippen LogP contribution in [0.4, 0.5) is 0 Å². The molecule has 3 heterocycles. The quantitative estimate of drug-likeness (QED) is 0.850. The van der Waals surface area contributed by atoms with E-state index in [1.54, 1.807) is 17.1 Å². The summed E-state index contributed by atoms with van der Waals surface area (Å²) in [5, 5.41) is 4.67. The number of hydrogen-bond acceptors (Lipinski definition) is 4. The fourth-order valence-electron chi connectivity index (χ4n) is 4.29. The van der Waals surface area contributed by atoms with Crippen LogP contribution in [0.15, 0.2) is 12.4 Å². The minimum atomic E-state index is 0.248. The second kappa shape index (κ2) is 6.49. The fraction of sp³-hybridized carbons (Fsp3) is 0.667. The molecule has 2 aliphatic rings. The van der Waals surface area contributed by atoms with E-state index in [2.05, 4.69) is 20.0 Å². The Hall–Kier alpha value is -1.98. The first kappa shape index (κ1) is 15.5. The van der Waals surface area contributed by atoms with E-state index >= 15 is 0 Å². The van der Waals surface area contributed by atoms with E-state index in [4.69, 9.17) is 0 Å². The highest BCUT2D eigenvalue weighted by atomic mass is 16.2. The largest absolute Gasteiger partial charge is 0.342 e. The van der Waals surface area contributed by atoms with Crippen molar-refractivity contribution in [3.63, 3.8) is 0 Å². The molecule has 0 N–H and O–H groups in total. The third-order valence-electron chi connectivity index (χ3n) is 5.56. The van der Waals surface area contributed by atoms with Gasteiger partial charge in [-0.05, 0) is 25.7 Å². The van der Waals surface area contributed by atoms with E-state index in [1.807, 2.05) is 7.05 Å². The van der Waals surface area contributed by atoms with Crippen LogP contribution in [0.1, 0.15) is 56.6 Å². The van der Waals surface area contributed by atoms with Crippen molar-refractivity contribution in [1.29, 1.82) is 0 Å². The smallest absolute Gasteiger partial charge is 0.225 e. The first-order chi connectivity index (χ1) is 11.7. The lowest BCUT2D eigenvalue weighted by atomic mass is 9.86. The van der Waals surface area contributed by atoms with E-state index in [0.717, 1.165) is 55.6 Å². The van der Waals surface area contributed by atoms with Crippen LogP contribution < -0.4 is 0 Å². The van der Waals surface area contributed by atoms with Crippen LogP contribution in [0.25, 0.3) is 11.2 Å². The minimum Gasteiger partial charge on any atom is -0.342 e. The summed E-state index contributed by atoms with van der Waals surface area (Å²) in [5.74, 6) is 0.884. The van der Waals surface area contributed by atoms with Gasteiger partial charge in [0.2, 0.25) is 5.91 Å². The Morgan fingerprint density at radius 2 is 1.88 bits per heavy atom. The zero-order valence-electron chi connectivity index (χ0n) is 14.3. The highest BCUT2D eigenvalue weighted by molar-refractivity contribution is 5.79. The Kier molecular flexibility index (Phi) is 4.21. The molecule has 2 fully saturated rings. The zero-order chi connectivity index (χ0) is 16.5. The number of amides is 1. The number of aryl methyl sites for hydroxylation is 1. The molecule has 1 amide bonds. The molecule has 0 unspecified atom stereocenters. The molecule has 6 heteroatoms. The van der Waals surface area contributed by atoms with Crippen molar-refractivity contribution in [3.8, 4) is 0 Å². The highest BCUT2D eigenvalue weighted by Gasteiger charge is 2.32. The number of carbonyl (C=O) groups excluding carboxylic acids is 1. The average Bonchev–Trinajstić information content (AvgIpc) is 2.99. The lowest BCUT2D eigenvalue weighted by Gasteiger charge is -2.35. The lowest BCUT2D eigenvalue weighted by molar-refractivity contribution is -0.137. The third-order valence-corrected chi connectivity index (χ3v) is 5.56. The van der Waals surface area contributed by atoms with Crippen LogP contribution >= 0.6 is 0 Å². The van der Waals surface area contributed by atoms with E-state index in [0.29, 0.717) is 5.91 Å². The van der Waals surface area contributed by atoms with Gasteiger partial charge in [0, 0.05) is 44.4 Å². The number of aromatic nitrogens is 4. The van der Waals surface area contributed by atoms with Crippen molar-refractivity contribution in [2.24, 2.45) is 13.0 Å². The normalized spacial score (nSPS) is 22.9. The van der Waals surface area contributed by atoms with Gasteiger partial charge in [0.15, 0.2) is 5.65 Å². The molecule has 4 rings (SSSR count). The van der Waals surface area contributed by atoms with Crippen molar-refractivity contribution in [2.75, 3.05) is 13.1 Å². The second-order valence-corrected chi connectivity index (χ2v) is 7.20. The van der Waals surface area contributed by atoms with Gasteiger partial charge >= 0.3 is 0 Å². The summed E-state index contributed by atoms with van der Waals surface area (Å²) in [6.07, 6.45) is 11.4. The van der Waals surface area contributed by atoms with Crippen LogP contribution in [0.5, 0.6) is 0 Å². The molecule has 2 aromatic heterocycles. The first-order valence-electron chi connectivity index (χ1n) is 9.16. The Morgan fingerprint density at radius 3 is 2.71 bits per heavy atom. The Balaban J connectivity index is 1.55. The van der Waals surface area contributed by atoms with Crippen molar-refractivity contribution in [3.05, 3.63) is 18.1 Å². The molecule has 1 atom stereocenters. The average molecular weight is 327 g/mol. The van der Waals surface area contributed by atoms with Gasteiger partial charge in [-0.3, -0.25) is 4.79 Å². The molecular formula is C18H25N5O. The van der Waals surface area contributed by atoms with Gasteiger partial charge in [-0.15, -0.1) is 0 Å². The maximum atomic E-state index is 12.9. The second-order valence-electron chi connectivity index (χ2n) is 7.20. The maximum Gasteiger partial charge on any atom is 0.225 e. The molecule has 2 aromatic rings. The van der Waals surface area contributed by atoms with Gasteiger partial charge in [0.05, 0.1) is 5.69 Å². The van der Waals surface area contributed by atoms with Gasteiger partial charge in [0.1, 0.15) is 5.52 Å². The monoisotopic (exact) mass is 327 g/mol.